The molecule has 0 bridgehead atoms. The molecule has 116 valence electrons. The Hall–Kier alpha value is -1.40. The maximum atomic E-state index is 12.5. The number of carboxylic acid groups (broad SMARTS) is 1. The normalized spacial score (nSPS) is 17.3. The zero-order valence-corrected chi connectivity index (χ0v) is 13.2. The van der Waals surface area contributed by atoms with Crippen LogP contribution in [0.5, 0.6) is 0 Å². The van der Waals surface area contributed by atoms with E-state index in [1.54, 1.807) is 0 Å². The molecular weight excluding hydrogens is 290 g/mol. The molecule has 1 aliphatic carbocycles. The van der Waals surface area contributed by atoms with Crippen LogP contribution in [0.2, 0.25) is 0 Å². The molecule has 5 nitrogen and oxygen atoms in total. The van der Waals surface area contributed by atoms with Crippen molar-refractivity contribution in [3.63, 3.8) is 0 Å². The number of thiophene rings is 1. The van der Waals surface area contributed by atoms with Crippen LogP contribution < -0.4 is 0 Å². The minimum Gasteiger partial charge on any atom is -0.480 e. The van der Waals surface area contributed by atoms with Crippen molar-refractivity contribution < 1.29 is 19.4 Å². The van der Waals surface area contributed by atoms with Crippen molar-refractivity contribution in [3.8, 4) is 0 Å². The van der Waals surface area contributed by atoms with Gasteiger partial charge in [-0.1, -0.05) is 6.92 Å². The number of carbonyl (C=O) groups excluding carboxylic acids is 1. The maximum Gasteiger partial charge on any atom is 0.323 e. The number of ether oxygens (including phenoxy) is 1. The lowest BCUT2D eigenvalue weighted by atomic mass is 9.90. The summed E-state index contributed by atoms with van der Waals surface area (Å²) < 4.78 is 4.95. The summed E-state index contributed by atoms with van der Waals surface area (Å²) in [4.78, 5) is 26.7. The first-order valence-corrected chi connectivity index (χ1v) is 7.94. The molecule has 6 heteroatoms. The van der Waals surface area contributed by atoms with Gasteiger partial charge in [0, 0.05) is 18.5 Å². The molecule has 1 aromatic rings. The van der Waals surface area contributed by atoms with Gasteiger partial charge in [0.25, 0.3) is 5.91 Å². The van der Waals surface area contributed by atoms with E-state index in [2.05, 4.69) is 6.92 Å². The molecule has 1 amide bonds. The van der Waals surface area contributed by atoms with Gasteiger partial charge in [-0.25, -0.2) is 0 Å². The van der Waals surface area contributed by atoms with E-state index in [0.29, 0.717) is 23.9 Å². The minimum atomic E-state index is -1.01. The molecule has 0 radical (unpaired) electrons. The molecule has 1 aliphatic rings. The molecule has 1 N–H and O–H groups in total. The smallest absolute Gasteiger partial charge is 0.323 e. The van der Waals surface area contributed by atoms with E-state index in [4.69, 9.17) is 9.84 Å². The average Bonchev–Trinajstić information content (AvgIpc) is 2.85. The van der Waals surface area contributed by atoms with Crippen LogP contribution in [-0.4, -0.2) is 48.7 Å². The van der Waals surface area contributed by atoms with E-state index in [9.17, 15) is 9.59 Å². The topological polar surface area (TPSA) is 66.8 Å². The highest BCUT2D eigenvalue weighted by molar-refractivity contribution is 7.14. The van der Waals surface area contributed by atoms with Crippen molar-refractivity contribution >= 4 is 23.2 Å². The number of aryl methyl sites for hydroxylation is 1. The second-order valence-electron chi connectivity index (χ2n) is 5.52. The monoisotopic (exact) mass is 311 g/mol. The Morgan fingerprint density at radius 3 is 2.95 bits per heavy atom. The molecule has 1 atom stereocenters. The van der Waals surface area contributed by atoms with Gasteiger partial charge in [-0.05, 0) is 36.8 Å². The molecule has 0 saturated carbocycles. The Bertz CT molecular complexity index is 526. The first kappa shape index (κ1) is 16.0. The van der Waals surface area contributed by atoms with Crippen molar-refractivity contribution in [3.05, 3.63) is 21.4 Å². The number of fused-ring (bicyclic) bond motifs is 1. The number of rotatable bonds is 6. The molecule has 2 rings (SSSR count). The van der Waals surface area contributed by atoms with Crippen LogP contribution in [0.3, 0.4) is 0 Å². The molecule has 0 fully saturated rings. The van der Waals surface area contributed by atoms with Gasteiger partial charge in [-0.15, -0.1) is 11.3 Å². The van der Waals surface area contributed by atoms with E-state index in [1.165, 1.54) is 33.8 Å². The fraction of sp³-hybridized carbons (Fsp3) is 0.600. The average molecular weight is 311 g/mol. The molecule has 1 aromatic heterocycles. The second-order valence-corrected chi connectivity index (χ2v) is 6.66. The van der Waals surface area contributed by atoms with Gasteiger partial charge in [0.1, 0.15) is 6.54 Å². The lowest BCUT2D eigenvalue weighted by Gasteiger charge is -2.19. The van der Waals surface area contributed by atoms with Gasteiger partial charge in [0.05, 0.1) is 11.5 Å². The Labute approximate surface area is 128 Å². The molecule has 0 aliphatic heterocycles. The van der Waals surface area contributed by atoms with E-state index in [-0.39, 0.29) is 12.5 Å². The summed E-state index contributed by atoms with van der Waals surface area (Å²) in [5, 5.41) is 8.94. The lowest BCUT2D eigenvalue weighted by Crippen LogP contribution is -2.37. The van der Waals surface area contributed by atoms with Gasteiger partial charge in [0.2, 0.25) is 0 Å². The van der Waals surface area contributed by atoms with E-state index < -0.39 is 5.97 Å². The fourth-order valence-corrected chi connectivity index (χ4v) is 3.76. The lowest BCUT2D eigenvalue weighted by molar-refractivity contribution is -0.137. The number of nitrogens with zero attached hydrogens (tertiary/aromatic N) is 1. The molecule has 0 spiro atoms. The van der Waals surface area contributed by atoms with Gasteiger partial charge >= 0.3 is 5.97 Å². The fourth-order valence-electron chi connectivity index (χ4n) is 2.58. The molecule has 1 heterocycles. The van der Waals surface area contributed by atoms with Crippen molar-refractivity contribution in [2.75, 3.05) is 26.8 Å². The Morgan fingerprint density at radius 1 is 1.52 bits per heavy atom. The quantitative estimate of drug-likeness (QED) is 0.873. The van der Waals surface area contributed by atoms with E-state index in [0.717, 1.165) is 19.3 Å². The predicted octanol–water partition coefficient (Wildman–Crippen LogP) is 2.05. The number of carboxylic acids is 1. The zero-order chi connectivity index (χ0) is 15.4. The third kappa shape index (κ3) is 4.04. The van der Waals surface area contributed by atoms with E-state index in [1.807, 2.05) is 6.07 Å². The van der Waals surface area contributed by atoms with Gasteiger partial charge in [0.15, 0.2) is 0 Å². The van der Waals surface area contributed by atoms with Gasteiger partial charge in [-0.2, -0.15) is 0 Å². The van der Waals surface area contributed by atoms with E-state index >= 15 is 0 Å². The summed E-state index contributed by atoms with van der Waals surface area (Å²) in [7, 11) is 1.54. The van der Waals surface area contributed by atoms with Crippen LogP contribution in [0.25, 0.3) is 0 Å². The van der Waals surface area contributed by atoms with Crippen molar-refractivity contribution in [1.82, 2.24) is 4.90 Å². The number of hydrogen-bond acceptors (Lipinski definition) is 4. The number of aliphatic carboxylic acids is 1. The first-order chi connectivity index (χ1) is 10.0. The minimum absolute atomic E-state index is 0.207. The SMILES string of the molecule is COCCN(CC(=O)O)C(=O)c1cc2c(s1)CCC(C)C2. The zero-order valence-electron chi connectivity index (χ0n) is 12.4. The summed E-state index contributed by atoms with van der Waals surface area (Å²) in [5.41, 5.74) is 1.25. The van der Waals surface area contributed by atoms with Crippen molar-refractivity contribution in [2.45, 2.75) is 26.2 Å². The maximum absolute atomic E-state index is 12.5. The molecule has 0 aromatic carbocycles. The molecule has 21 heavy (non-hydrogen) atoms. The predicted molar refractivity (Wildman–Crippen MR) is 80.9 cm³/mol. The van der Waals surface area contributed by atoms with Crippen molar-refractivity contribution in [1.29, 1.82) is 0 Å². The van der Waals surface area contributed by atoms with Gasteiger partial charge < -0.3 is 14.7 Å². The standard InChI is InChI=1S/C15H21NO4S/c1-10-3-4-12-11(7-10)8-13(21-12)15(19)16(5-6-20-2)9-14(17)18/h8,10H,3-7,9H2,1-2H3,(H,17,18). The molecule has 0 saturated heterocycles. The summed E-state index contributed by atoms with van der Waals surface area (Å²) in [6.07, 6.45) is 3.19. The summed E-state index contributed by atoms with van der Waals surface area (Å²) in [6.45, 7) is 2.56. The largest absolute Gasteiger partial charge is 0.480 e. The molecular formula is C15H21NO4S. The number of methoxy groups -OCH3 is 1. The highest BCUT2D eigenvalue weighted by Gasteiger charge is 2.24. The van der Waals surface area contributed by atoms with Crippen LogP contribution in [0.15, 0.2) is 6.07 Å². The third-order valence-corrected chi connectivity index (χ3v) is 4.94. The van der Waals surface area contributed by atoms with Crippen LogP contribution >= 0.6 is 11.3 Å². The molecule has 1 unspecified atom stereocenters. The van der Waals surface area contributed by atoms with Crippen LogP contribution in [0.1, 0.15) is 33.5 Å². The summed E-state index contributed by atoms with van der Waals surface area (Å²) in [5.74, 6) is -0.561. The third-order valence-electron chi connectivity index (χ3n) is 3.72. The van der Waals surface area contributed by atoms with Gasteiger partial charge in [-0.3, -0.25) is 9.59 Å². The number of carbonyl (C=O) groups is 2. The van der Waals surface area contributed by atoms with Crippen LogP contribution in [0, 0.1) is 5.92 Å². The Balaban J connectivity index is 2.14. The summed E-state index contributed by atoms with van der Waals surface area (Å²) >= 11 is 1.51. The van der Waals surface area contributed by atoms with Crippen LogP contribution in [0.4, 0.5) is 0 Å². The highest BCUT2D eigenvalue weighted by atomic mass is 32.1. The number of hydrogen-bond donors (Lipinski definition) is 1. The Kier molecular flexibility index (Phi) is 5.36. The van der Waals surface area contributed by atoms with Crippen molar-refractivity contribution in [2.24, 2.45) is 5.92 Å². The van der Waals surface area contributed by atoms with Crippen LogP contribution in [-0.2, 0) is 22.4 Å². The summed E-state index contributed by atoms with van der Waals surface area (Å²) in [6, 6.07) is 1.94. The first-order valence-electron chi connectivity index (χ1n) is 7.12. The highest BCUT2D eigenvalue weighted by Crippen LogP contribution is 2.32. The Morgan fingerprint density at radius 2 is 2.29 bits per heavy atom. The second kappa shape index (κ2) is 7.04. The number of amides is 1.